The molecule has 1 aliphatic rings. The van der Waals surface area contributed by atoms with Gasteiger partial charge in [-0.25, -0.2) is 9.18 Å². The minimum atomic E-state index is -4.73. The van der Waals surface area contributed by atoms with Crippen molar-refractivity contribution in [3.05, 3.63) is 58.4 Å². The van der Waals surface area contributed by atoms with E-state index in [9.17, 15) is 31.9 Å². The zero-order chi connectivity index (χ0) is 28.4. The SMILES string of the molecule is C[C@H](NC(=O)c1cc2c(cc1F)SC[C@H](NC(=O)OC(C)(C)C)C(=O)N2Cc1ccc(Cl)cc1)C(F)(F)F. The Morgan fingerprint density at radius 1 is 1.18 bits per heavy atom. The van der Waals surface area contributed by atoms with E-state index >= 15 is 0 Å². The lowest BCUT2D eigenvalue weighted by molar-refractivity contribution is -0.149. The maximum Gasteiger partial charge on any atom is 0.408 e. The third-order valence-electron chi connectivity index (χ3n) is 5.34. The standard InChI is InChI=1S/C25H26ClF4N3O4S/c1-13(25(28,29)30)31-21(34)16-9-19-20(10-17(16)27)38-12-18(32-23(36)37-24(2,3)4)22(35)33(19)11-14-5-7-15(26)8-6-14/h5-10,13,18H,11-12H2,1-4H3,(H,31,34)(H,32,36)/t13-,18-/m0/s1. The monoisotopic (exact) mass is 575 g/mol. The Balaban J connectivity index is 2.01. The Bertz CT molecular complexity index is 1220. The first-order chi connectivity index (χ1) is 17.5. The fraction of sp³-hybridized carbons (Fsp3) is 0.400. The molecule has 2 aromatic carbocycles. The summed E-state index contributed by atoms with van der Waals surface area (Å²) in [6.45, 7) is 5.66. The lowest BCUT2D eigenvalue weighted by atomic mass is 10.1. The van der Waals surface area contributed by atoms with E-state index in [4.69, 9.17) is 16.3 Å². The Kier molecular flexibility index (Phi) is 8.87. The topological polar surface area (TPSA) is 87.7 Å². The maximum atomic E-state index is 14.9. The summed E-state index contributed by atoms with van der Waals surface area (Å²) in [5.74, 6) is -2.91. The van der Waals surface area contributed by atoms with Gasteiger partial charge in [-0.05, 0) is 57.5 Å². The van der Waals surface area contributed by atoms with Crippen molar-refractivity contribution in [3.8, 4) is 0 Å². The molecule has 3 rings (SSSR count). The molecule has 0 saturated heterocycles. The van der Waals surface area contributed by atoms with Crippen molar-refractivity contribution in [2.24, 2.45) is 0 Å². The molecular formula is C25H26ClF4N3O4S. The van der Waals surface area contributed by atoms with Gasteiger partial charge in [0.15, 0.2) is 0 Å². The van der Waals surface area contributed by atoms with E-state index in [1.807, 2.05) is 0 Å². The molecule has 3 amide bonds. The molecule has 0 aromatic heterocycles. The van der Waals surface area contributed by atoms with Crippen LogP contribution in [0.4, 0.5) is 28.0 Å². The molecule has 0 unspecified atom stereocenters. The average molecular weight is 576 g/mol. The van der Waals surface area contributed by atoms with Crippen LogP contribution in [0.15, 0.2) is 41.3 Å². The van der Waals surface area contributed by atoms with Crippen molar-refractivity contribution in [1.82, 2.24) is 10.6 Å². The quantitative estimate of drug-likeness (QED) is 0.447. The highest BCUT2D eigenvalue weighted by molar-refractivity contribution is 7.99. The second-order valence-electron chi connectivity index (χ2n) is 9.60. The number of anilines is 1. The normalized spacial score (nSPS) is 16.8. The Morgan fingerprint density at radius 2 is 1.82 bits per heavy atom. The fourth-order valence-corrected chi connectivity index (χ4v) is 4.64. The fourth-order valence-electron chi connectivity index (χ4n) is 3.44. The number of hydrogen-bond acceptors (Lipinski definition) is 5. The summed E-state index contributed by atoms with van der Waals surface area (Å²) in [6.07, 6.45) is -5.56. The van der Waals surface area contributed by atoms with Crippen LogP contribution in [0.5, 0.6) is 0 Å². The molecule has 38 heavy (non-hydrogen) atoms. The van der Waals surface area contributed by atoms with E-state index < -0.39 is 53.1 Å². The zero-order valence-electron chi connectivity index (χ0n) is 20.9. The van der Waals surface area contributed by atoms with Gasteiger partial charge in [0.05, 0.1) is 17.8 Å². The molecule has 7 nitrogen and oxygen atoms in total. The summed E-state index contributed by atoms with van der Waals surface area (Å²) in [7, 11) is 0. The minimum absolute atomic E-state index is 0.0122. The van der Waals surface area contributed by atoms with Crippen molar-refractivity contribution in [3.63, 3.8) is 0 Å². The highest BCUT2D eigenvalue weighted by atomic mass is 35.5. The number of alkyl halides is 3. The third-order valence-corrected chi connectivity index (χ3v) is 6.73. The van der Waals surface area contributed by atoms with Crippen LogP contribution in [0, 0.1) is 5.82 Å². The van der Waals surface area contributed by atoms with Crippen LogP contribution >= 0.6 is 23.4 Å². The largest absolute Gasteiger partial charge is 0.444 e. The molecular weight excluding hydrogens is 550 g/mol. The molecule has 13 heteroatoms. The van der Waals surface area contributed by atoms with Crippen LogP contribution in [-0.4, -0.2) is 47.5 Å². The third kappa shape index (κ3) is 7.53. The smallest absolute Gasteiger partial charge is 0.408 e. The molecule has 2 atom stereocenters. The molecule has 0 radical (unpaired) electrons. The number of rotatable bonds is 5. The van der Waals surface area contributed by atoms with Gasteiger partial charge >= 0.3 is 12.3 Å². The average Bonchev–Trinajstić information content (AvgIpc) is 2.90. The number of benzene rings is 2. The van der Waals surface area contributed by atoms with Crippen molar-refractivity contribution < 1.29 is 36.7 Å². The van der Waals surface area contributed by atoms with Gasteiger partial charge in [0.1, 0.15) is 23.5 Å². The number of ether oxygens (including phenoxy) is 1. The number of hydrogen-bond donors (Lipinski definition) is 2. The maximum absolute atomic E-state index is 14.9. The number of carbonyl (C=O) groups is 3. The molecule has 0 bridgehead atoms. The van der Waals surface area contributed by atoms with Gasteiger partial charge in [-0.3, -0.25) is 9.59 Å². The highest BCUT2D eigenvalue weighted by Crippen LogP contribution is 2.37. The lowest BCUT2D eigenvalue weighted by Crippen LogP contribution is -2.50. The van der Waals surface area contributed by atoms with E-state index in [1.165, 1.54) is 4.90 Å². The summed E-state index contributed by atoms with van der Waals surface area (Å²) in [6, 6.07) is 5.25. The highest BCUT2D eigenvalue weighted by Gasteiger charge is 2.38. The molecule has 206 valence electrons. The Morgan fingerprint density at radius 3 is 2.39 bits per heavy atom. The summed E-state index contributed by atoms with van der Waals surface area (Å²) >= 11 is 7.00. The van der Waals surface area contributed by atoms with Gasteiger partial charge in [0, 0.05) is 15.7 Å². The van der Waals surface area contributed by atoms with Gasteiger partial charge in [-0.1, -0.05) is 23.7 Å². The first-order valence-electron chi connectivity index (χ1n) is 11.4. The van der Waals surface area contributed by atoms with Crippen LogP contribution in [-0.2, 0) is 16.1 Å². The predicted molar refractivity (Wildman–Crippen MR) is 136 cm³/mol. The van der Waals surface area contributed by atoms with Crippen LogP contribution in [0.3, 0.4) is 0 Å². The van der Waals surface area contributed by atoms with E-state index in [1.54, 1.807) is 50.4 Å². The summed E-state index contributed by atoms with van der Waals surface area (Å²) < 4.78 is 59.1. The minimum Gasteiger partial charge on any atom is -0.444 e. The molecule has 0 saturated carbocycles. The molecule has 2 aromatic rings. The van der Waals surface area contributed by atoms with Gasteiger partial charge in [-0.2, -0.15) is 13.2 Å². The van der Waals surface area contributed by atoms with Crippen LogP contribution < -0.4 is 15.5 Å². The van der Waals surface area contributed by atoms with Crippen molar-refractivity contribution in [2.45, 2.75) is 63.0 Å². The number of fused-ring (bicyclic) bond motifs is 1. The Hall–Kier alpha value is -2.99. The van der Waals surface area contributed by atoms with Crippen molar-refractivity contribution in [1.29, 1.82) is 0 Å². The van der Waals surface area contributed by atoms with E-state index in [-0.39, 0.29) is 22.9 Å². The second kappa shape index (κ2) is 11.4. The van der Waals surface area contributed by atoms with Gasteiger partial charge in [-0.15, -0.1) is 11.8 Å². The molecule has 1 heterocycles. The number of amides is 3. The van der Waals surface area contributed by atoms with Crippen LogP contribution in [0.25, 0.3) is 0 Å². The van der Waals surface area contributed by atoms with Crippen LogP contribution in [0.1, 0.15) is 43.6 Å². The van der Waals surface area contributed by atoms with Crippen molar-refractivity contribution in [2.75, 3.05) is 10.7 Å². The first-order valence-corrected chi connectivity index (χ1v) is 12.8. The molecule has 0 aliphatic carbocycles. The molecule has 2 N–H and O–H groups in total. The summed E-state index contributed by atoms with van der Waals surface area (Å²) in [4.78, 5) is 40.1. The predicted octanol–water partition coefficient (Wildman–Crippen LogP) is 5.69. The number of halogens is 5. The number of alkyl carbamates (subject to hydrolysis) is 1. The van der Waals surface area contributed by atoms with Gasteiger partial charge in [0.2, 0.25) is 0 Å². The number of nitrogens with one attached hydrogen (secondary N) is 2. The zero-order valence-corrected chi connectivity index (χ0v) is 22.5. The van der Waals surface area contributed by atoms with Gasteiger partial charge in [0.25, 0.3) is 11.8 Å². The lowest BCUT2D eigenvalue weighted by Gasteiger charge is -2.27. The van der Waals surface area contributed by atoms with Crippen LogP contribution in [0.2, 0.25) is 5.02 Å². The summed E-state index contributed by atoms with van der Waals surface area (Å²) in [5, 5.41) is 4.72. The second-order valence-corrected chi connectivity index (χ2v) is 11.1. The summed E-state index contributed by atoms with van der Waals surface area (Å²) in [5.41, 5.74) is -0.754. The van der Waals surface area contributed by atoms with E-state index in [2.05, 4.69) is 5.32 Å². The number of carbonyl (C=O) groups excluding carboxylic acids is 3. The van der Waals surface area contributed by atoms with Gasteiger partial charge < -0.3 is 20.3 Å². The molecule has 0 spiro atoms. The van der Waals surface area contributed by atoms with Crippen molar-refractivity contribution >= 4 is 47.0 Å². The number of thioether (sulfide) groups is 1. The van der Waals surface area contributed by atoms with E-state index in [0.717, 1.165) is 30.8 Å². The molecule has 0 fully saturated rings. The Labute approximate surface area is 226 Å². The first kappa shape index (κ1) is 29.6. The molecule has 1 aliphatic heterocycles. The number of nitrogens with zero attached hydrogens (tertiary/aromatic N) is 1. The van der Waals surface area contributed by atoms with E-state index in [0.29, 0.717) is 10.6 Å².